The molecule has 1 atom stereocenters. The van der Waals surface area contributed by atoms with Crippen LogP contribution in [0, 0.1) is 19.8 Å². The topological polar surface area (TPSA) is 66.3 Å². The summed E-state index contributed by atoms with van der Waals surface area (Å²) < 4.78 is 0. The lowest BCUT2D eigenvalue weighted by atomic mass is 9.90. The van der Waals surface area contributed by atoms with E-state index in [9.17, 15) is 9.90 Å². The number of aromatic nitrogens is 2. The van der Waals surface area contributed by atoms with Gasteiger partial charge in [0.2, 0.25) is 0 Å². The second-order valence-electron chi connectivity index (χ2n) is 7.29. The summed E-state index contributed by atoms with van der Waals surface area (Å²) in [4.78, 5) is 23.8. The van der Waals surface area contributed by atoms with Gasteiger partial charge >= 0.3 is 0 Å². The summed E-state index contributed by atoms with van der Waals surface area (Å²) >= 11 is 0. The predicted octanol–water partition coefficient (Wildman–Crippen LogP) is 2.62. The third-order valence-corrected chi connectivity index (χ3v) is 5.55. The average Bonchev–Trinajstić information content (AvgIpc) is 3.34. The van der Waals surface area contributed by atoms with Gasteiger partial charge in [-0.05, 0) is 57.7 Å². The molecule has 1 saturated carbocycles. The third-order valence-electron chi connectivity index (χ3n) is 5.55. The van der Waals surface area contributed by atoms with E-state index in [1.165, 1.54) is 0 Å². The normalized spacial score (nSPS) is 22.6. The smallest absolute Gasteiger partial charge is 0.253 e. The minimum Gasteiger partial charge on any atom is -0.390 e. The van der Waals surface area contributed by atoms with Crippen LogP contribution in [0.3, 0.4) is 0 Å². The summed E-state index contributed by atoms with van der Waals surface area (Å²) in [7, 11) is 0. The lowest BCUT2D eigenvalue weighted by Gasteiger charge is -2.35. The van der Waals surface area contributed by atoms with Crippen LogP contribution in [0.4, 0.5) is 0 Å². The van der Waals surface area contributed by atoms with Gasteiger partial charge < -0.3 is 10.0 Å². The lowest BCUT2D eigenvalue weighted by Crippen LogP contribution is -2.44. The molecule has 1 amide bonds. The highest BCUT2D eigenvalue weighted by Crippen LogP contribution is 2.45. The summed E-state index contributed by atoms with van der Waals surface area (Å²) in [5.74, 6) is 0.256. The van der Waals surface area contributed by atoms with E-state index in [1.54, 1.807) is 0 Å². The molecule has 4 rings (SSSR count). The van der Waals surface area contributed by atoms with Gasteiger partial charge in [-0.15, -0.1) is 0 Å². The van der Waals surface area contributed by atoms with Gasteiger partial charge in [0.15, 0.2) is 0 Å². The van der Waals surface area contributed by atoms with Crippen LogP contribution in [0.1, 0.15) is 47.4 Å². The first kappa shape index (κ1) is 15.5. The van der Waals surface area contributed by atoms with Crippen LogP contribution in [-0.4, -0.2) is 44.6 Å². The fourth-order valence-electron chi connectivity index (χ4n) is 3.68. The Morgan fingerprint density at radius 3 is 2.62 bits per heavy atom. The molecule has 1 aliphatic carbocycles. The first-order valence-corrected chi connectivity index (χ1v) is 8.73. The second kappa shape index (κ2) is 5.52. The maximum absolute atomic E-state index is 12.9. The number of rotatable bonds is 2. The largest absolute Gasteiger partial charge is 0.390 e. The van der Waals surface area contributed by atoms with Gasteiger partial charge in [0.25, 0.3) is 5.91 Å². The maximum Gasteiger partial charge on any atom is 0.253 e. The molecule has 5 nitrogen and oxygen atoms in total. The number of carbonyl (C=O) groups excluding carboxylic acids is 1. The van der Waals surface area contributed by atoms with Crippen LogP contribution in [-0.2, 0) is 0 Å². The highest BCUT2D eigenvalue weighted by atomic mass is 16.3. The molecule has 0 bridgehead atoms. The number of piperidine rings is 1. The number of benzene rings is 1. The minimum atomic E-state index is -0.511. The minimum absolute atomic E-state index is 0.0332. The van der Waals surface area contributed by atoms with Gasteiger partial charge in [-0.3, -0.25) is 4.79 Å². The third kappa shape index (κ3) is 2.67. The van der Waals surface area contributed by atoms with Gasteiger partial charge in [-0.2, -0.15) is 0 Å². The first-order valence-electron chi connectivity index (χ1n) is 8.73. The van der Waals surface area contributed by atoms with E-state index in [0.717, 1.165) is 54.6 Å². The van der Waals surface area contributed by atoms with E-state index < -0.39 is 5.60 Å². The molecule has 1 aromatic heterocycles. The Morgan fingerprint density at radius 2 is 1.92 bits per heavy atom. The number of amides is 1. The monoisotopic (exact) mass is 325 g/mol. The molecule has 0 radical (unpaired) electrons. The number of hydrogen-bond donors (Lipinski definition) is 1. The summed E-state index contributed by atoms with van der Waals surface area (Å²) in [5.41, 5.74) is 3.53. The van der Waals surface area contributed by atoms with Crippen molar-refractivity contribution >= 4 is 16.9 Å². The van der Waals surface area contributed by atoms with Crippen LogP contribution >= 0.6 is 0 Å². The van der Waals surface area contributed by atoms with Gasteiger partial charge in [0, 0.05) is 24.6 Å². The molecule has 24 heavy (non-hydrogen) atoms. The standard InChI is InChI=1S/C19H23N3O2/c1-12-13(2)21-17-10-14(5-6-16(17)20-12)18(23)22-9-3-4-15(11-22)19(24)7-8-19/h5-6,10,15,24H,3-4,7-9,11H2,1-2H3. The number of nitrogens with zero attached hydrogens (tertiary/aromatic N) is 3. The number of likely N-dealkylation sites (tertiary alicyclic amines) is 1. The predicted molar refractivity (Wildman–Crippen MR) is 91.8 cm³/mol. The van der Waals surface area contributed by atoms with E-state index in [4.69, 9.17) is 0 Å². The number of carbonyl (C=O) groups is 1. The highest BCUT2D eigenvalue weighted by molar-refractivity contribution is 5.97. The van der Waals surface area contributed by atoms with Crippen LogP contribution < -0.4 is 0 Å². The first-order chi connectivity index (χ1) is 11.5. The fraction of sp³-hybridized carbons (Fsp3) is 0.526. The van der Waals surface area contributed by atoms with E-state index in [2.05, 4.69) is 9.97 Å². The molecule has 1 aromatic carbocycles. The molecule has 1 unspecified atom stereocenters. The Hall–Kier alpha value is -2.01. The van der Waals surface area contributed by atoms with Gasteiger partial charge in [0.1, 0.15) is 0 Å². The van der Waals surface area contributed by atoms with Crippen LogP contribution in [0.5, 0.6) is 0 Å². The van der Waals surface area contributed by atoms with Crippen molar-refractivity contribution in [2.75, 3.05) is 13.1 Å². The number of aliphatic hydroxyl groups is 1. The Morgan fingerprint density at radius 1 is 1.21 bits per heavy atom. The molecule has 1 N–H and O–H groups in total. The molecule has 2 aromatic rings. The molecule has 1 saturated heterocycles. The van der Waals surface area contributed by atoms with Crippen molar-refractivity contribution in [2.45, 2.75) is 45.1 Å². The van der Waals surface area contributed by atoms with Crippen molar-refractivity contribution in [3.8, 4) is 0 Å². The maximum atomic E-state index is 12.9. The zero-order valence-electron chi connectivity index (χ0n) is 14.2. The fourth-order valence-corrected chi connectivity index (χ4v) is 3.68. The van der Waals surface area contributed by atoms with E-state index in [-0.39, 0.29) is 11.8 Å². The molecule has 2 fully saturated rings. The molecule has 2 heterocycles. The summed E-state index contributed by atoms with van der Waals surface area (Å²) in [6.07, 6.45) is 3.74. The molecule has 0 spiro atoms. The quantitative estimate of drug-likeness (QED) is 0.922. The Labute approximate surface area is 141 Å². The lowest BCUT2D eigenvalue weighted by molar-refractivity contribution is 0.0282. The van der Waals surface area contributed by atoms with Crippen molar-refractivity contribution in [1.29, 1.82) is 0 Å². The summed E-state index contributed by atoms with van der Waals surface area (Å²) in [6.45, 7) is 5.30. The molecule has 5 heteroatoms. The van der Waals surface area contributed by atoms with Gasteiger partial charge in [0.05, 0.1) is 28.0 Å². The van der Waals surface area contributed by atoms with Crippen molar-refractivity contribution in [2.24, 2.45) is 5.92 Å². The van der Waals surface area contributed by atoms with Crippen molar-refractivity contribution < 1.29 is 9.90 Å². The molecule has 1 aliphatic heterocycles. The highest BCUT2D eigenvalue weighted by Gasteiger charge is 2.49. The van der Waals surface area contributed by atoms with E-state index >= 15 is 0 Å². The average molecular weight is 325 g/mol. The SMILES string of the molecule is Cc1nc2ccc(C(=O)N3CCCC(C4(O)CC4)C3)cc2nc1C. The van der Waals surface area contributed by atoms with Crippen molar-refractivity contribution in [3.63, 3.8) is 0 Å². The number of fused-ring (bicyclic) bond motifs is 1. The molecular weight excluding hydrogens is 302 g/mol. The Balaban J connectivity index is 1.59. The summed E-state index contributed by atoms with van der Waals surface area (Å²) in [6, 6.07) is 5.55. The van der Waals surface area contributed by atoms with Gasteiger partial charge in [-0.1, -0.05) is 0 Å². The Kier molecular flexibility index (Phi) is 3.57. The van der Waals surface area contributed by atoms with Crippen LogP contribution in [0.15, 0.2) is 18.2 Å². The Bertz CT molecular complexity index is 814. The zero-order valence-corrected chi connectivity index (χ0v) is 14.2. The van der Waals surface area contributed by atoms with Crippen LogP contribution in [0.2, 0.25) is 0 Å². The van der Waals surface area contributed by atoms with E-state index in [0.29, 0.717) is 12.1 Å². The molecule has 126 valence electrons. The molecular formula is C19H23N3O2. The van der Waals surface area contributed by atoms with Crippen LogP contribution in [0.25, 0.3) is 11.0 Å². The van der Waals surface area contributed by atoms with E-state index in [1.807, 2.05) is 36.9 Å². The van der Waals surface area contributed by atoms with Gasteiger partial charge in [-0.25, -0.2) is 9.97 Å². The number of hydrogen-bond acceptors (Lipinski definition) is 4. The zero-order chi connectivity index (χ0) is 16.9. The van der Waals surface area contributed by atoms with Crippen molar-refractivity contribution in [3.05, 3.63) is 35.2 Å². The molecule has 2 aliphatic rings. The second-order valence-corrected chi connectivity index (χ2v) is 7.29. The van der Waals surface area contributed by atoms with Crippen molar-refractivity contribution in [1.82, 2.24) is 14.9 Å². The summed E-state index contributed by atoms with van der Waals surface area (Å²) in [5, 5.41) is 10.4. The number of aryl methyl sites for hydroxylation is 2.